The Morgan fingerprint density at radius 1 is 1.06 bits per heavy atom. The molecule has 0 saturated carbocycles. The Bertz CT molecular complexity index is 520. The summed E-state index contributed by atoms with van der Waals surface area (Å²) in [6.07, 6.45) is 0. The molecule has 0 amide bonds. The van der Waals surface area contributed by atoms with Gasteiger partial charge in [-0.3, -0.25) is 0 Å². The van der Waals surface area contributed by atoms with Gasteiger partial charge < -0.3 is 0 Å². The Kier molecular flexibility index (Phi) is 3.70. The first-order valence-corrected chi connectivity index (χ1v) is 6.05. The molecule has 17 heavy (non-hydrogen) atoms. The zero-order valence-electron chi connectivity index (χ0n) is 9.25. The number of hydrogen-bond acceptors (Lipinski definition) is 0. The van der Waals surface area contributed by atoms with Crippen molar-refractivity contribution >= 4 is 23.2 Å². The van der Waals surface area contributed by atoms with Gasteiger partial charge in [0.25, 0.3) is 0 Å². The molecule has 0 nitrogen and oxygen atoms in total. The average Bonchev–Trinajstić information content (AvgIpc) is 2.32. The molecule has 0 aromatic heterocycles. The average molecular weight is 269 g/mol. The number of hydrogen-bond donors (Lipinski definition) is 0. The minimum Gasteiger partial charge on any atom is -0.207 e. The van der Waals surface area contributed by atoms with E-state index in [1.165, 1.54) is 12.1 Å². The van der Waals surface area contributed by atoms with Crippen molar-refractivity contribution in [3.63, 3.8) is 0 Å². The van der Waals surface area contributed by atoms with Crippen LogP contribution in [0.25, 0.3) is 0 Å². The summed E-state index contributed by atoms with van der Waals surface area (Å²) < 4.78 is 13.6. The third-order valence-corrected chi connectivity index (χ3v) is 3.32. The van der Waals surface area contributed by atoms with Crippen molar-refractivity contribution in [1.29, 1.82) is 0 Å². The van der Waals surface area contributed by atoms with Gasteiger partial charge in [-0.2, -0.15) is 0 Å². The van der Waals surface area contributed by atoms with Gasteiger partial charge in [-0.15, -0.1) is 11.6 Å². The van der Waals surface area contributed by atoms with E-state index in [0.29, 0.717) is 10.6 Å². The lowest BCUT2D eigenvalue weighted by Crippen LogP contribution is -1.97. The third kappa shape index (κ3) is 2.80. The second-order valence-corrected chi connectivity index (χ2v) is 4.81. The lowest BCUT2D eigenvalue weighted by atomic mass is 10.0. The van der Waals surface area contributed by atoms with E-state index in [1.54, 1.807) is 6.07 Å². The van der Waals surface area contributed by atoms with Gasteiger partial charge in [0.1, 0.15) is 5.82 Å². The zero-order chi connectivity index (χ0) is 12.4. The van der Waals surface area contributed by atoms with Gasteiger partial charge >= 0.3 is 0 Å². The molecule has 0 aliphatic carbocycles. The number of aryl methyl sites for hydroxylation is 1. The third-order valence-electron chi connectivity index (χ3n) is 2.60. The highest BCUT2D eigenvalue weighted by Gasteiger charge is 2.15. The van der Waals surface area contributed by atoms with Gasteiger partial charge in [0.05, 0.1) is 5.38 Å². The molecule has 0 radical (unpaired) electrons. The van der Waals surface area contributed by atoms with Crippen LogP contribution >= 0.6 is 23.2 Å². The first-order chi connectivity index (χ1) is 8.08. The van der Waals surface area contributed by atoms with Gasteiger partial charge in [0.2, 0.25) is 0 Å². The summed E-state index contributed by atoms with van der Waals surface area (Å²) in [6, 6.07) is 12.1. The molecule has 2 aromatic carbocycles. The molecule has 88 valence electrons. The second-order valence-electron chi connectivity index (χ2n) is 3.94. The first-order valence-electron chi connectivity index (χ1n) is 5.23. The minimum absolute atomic E-state index is 0.338. The fraction of sp³-hybridized carbons (Fsp3) is 0.143. The van der Waals surface area contributed by atoms with E-state index in [-0.39, 0.29) is 5.82 Å². The van der Waals surface area contributed by atoms with Crippen LogP contribution in [0.2, 0.25) is 5.02 Å². The quantitative estimate of drug-likeness (QED) is 0.664. The molecule has 0 N–H and O–H groups in total. The molecule has 0 aliphatic heterocycles. The van der Waals surface area contributed by atoms with E-state index in [4.69, 9.17) is 23.2 Å². The Labute approximate surface area is 110 Å². The van der Waals surface area contributed by atoms with Crippen molar-refractivity contribution in [3.05, 3.63) is 70.0 Å². The molecule has 1 atom stereocenters. The molecule has 0 fully saturated rings. The van der Waals surface area contributed by atoms with Crippen molar-refractivity contribution < 1.29 is 4.39 Å². The first kappa shape index (κ1) is 12.4. The lowest BCUT2D eigenvalue weighted by Gasteiger charge is -2.12. The Morgan fingerprint density at radius 3 is 2.35 bits per heavy atom. The molecule has 3 heteroatoms. The van der Waals surface area contributed by atoms with Crippen LogP contribution in [-0.2, 0) is 0 Å². The number of benzene rings is 2. The van der Waals surface area contributed by atoms with E-state index in [9.17, 15) is 4.39 Å². The highest BCUT2D eigenvalue weighted by molar-refractivity contribution is 6.30. The molecule has 2 aromatic rings. The summed E-state index contributed by atoms with van der Waals surface area (Å²) in [5.41, 5.74) is 2.41. The molecule has 1 unspecified atom stereocenters. The summed E-state index contributed by atoms with van der Waals surface area (Å²) in [4.78, 5) is 0. The topological polar surface area (TPSA) is 0 Å². The largest absolute Gasteiger partial charge is 0.207 e. The predicted molar refractivity (Wildman–Crippen MR) is 70.3 cm³/mol. The second kappa shape index (κ2) is 5.07. The standard InChI is InChI=1S/C14H11Cl2F/c1-9-2-4-10(5-3-9)14(16)12-8-11(15)6-7-13(12)17/h2-8,14H,1H3. The fourth-order valence-electron chi connectivity index (χ4n) is 1.62. The smallest absolute Gasteiger partial charge is 0.128 e. The van der Waals surface area contributed by atoms with Crippen molar-refractivity contribution in [2.24, 2.45) is 0 Å². The van der Waals surface area contributed by atoms with E-state index in [1.807, 2.05) is 31.2 Å². The Hall–Kier alpha value is -1.05. The van der Waals surface area contributed by atoms with Crippen molar-refractivity contribution in [1.82, 2.24) is 0 Å². The van der Waals surface area contributed by atoms with Crippen LogP contribution in [0.3, 0.4) is 0 Å². The van der Waals surface area contributed by atoms with Crippen molar-refractivity contribution in [2.75, 3.05) is 0 Å². The normalized spacial score (nSPS) is 12.5. The van der Waals surface area contributed by atoms with Gasteiger partial charge in [-0.05, 0) is 30.7 Å². The van der Waals surface area contributed by atoms with Crippen LogP contribution in [0.1, 0.15) is 22.1 Å². The Morgan fingerprint density at radius 2 is 1.71 bits per heavy atom. The zero-order valence-corrected chi connectivity index (χ0v) is 10.8. The summed E-state index contributed by atoms with van der Waals surface area (Å²) >= 11 is 12.1. The van der Waals surface area contributed by atoms with Crippen molar-refractivity contribution in [2.45, 2.75) is 12.3 Å². The molecular weight excluding hydrogens is 258 g/mol. The number of rotatable bonds is 2. The maximum absolute atomic E-state index is 13.6. The van der Waals surface area contributed by atoms with Crippen molar-refractivity contribution in [3.8, 4) is 0 Å². The van der Waals surface area contributed by atoms with Gasteiger partial charge in [0, 0.05) is 10.6 Å². The Balaban J connectivity index is 2.39. The van der Waals surface area contributed by atoms with Gasteiger partial charge in [-0.1, -0.05) is 41.4 Å². The van der Waals surface area contributed by atoms with E-state index >= 15 is 0 Å². The van der Waals surface area contributed by atoms with Gasteiger partial charge in [-0.25, -0.2) is 4.39 Å². The molecule has 0 saturated heterocycles. The SMILES string of the molecule is Cc1ccc(C(Cl)c2cc(Cl)ccc2F)cc1. The van der Waals surface area contributed by atoms with E-state index in [0.717, 1.165) is 11.1 Å². The van der Waals surface area contributed by atoms with E-state index < -0.39 is 5.38 Å². The molecule has 0 aliphatic rings. The fourth-order valence-corrected chi connectivity index (χ4v) is 2.12. The summed E-state index contributed by atoms with van der Waals surface area (Å²) in [5.74, 6) is -0.338. The molecule has 0 heterocycles. The predicted octanol–water partition coefficient (Wildman–Crippen LogP) is 5.12. The maximum Gasteiger partial charge on any atom is 0.128 e. The summed E-state index contributed by atoms with van der Waals surface area (Å²) in [6.45, 7) is 1.99. The maximum atomic E-state index is 13.6. The highest BCUT2D eigenvalue weighted by atomic mass is 35.5. The summed E-state index contributed by atoms with van der Waals surface area (Å²) in [5, 5.41) is -0.0338. The molecule has 0 spiro atoms. The van der Waals surface area contributed by atoms with Crippen LogP contribution in [-0.4, -0.2) is 0 Å². The minimum atomic E-state index is -0.519. The molecule has 2 rings (SSSR count). The van der Waals surface area contributed by atoms with Crippen LogP contribution in [0.15, 0.2) is 42.5 Å². The molecule has 0 bridgehead atoms. The number of alkyl halides is 1. The van der Waals surface area contributed by atoms with Gasteiger partial charge in [0.15, 0.2) is 0 Å². The molecular formula is C14H11Cl2F. The van der Waals surface area contributed by atoms with Crippen LogP contribution < -0.4 is 0 Å². The highest BCUT2D eigenvalue weighted by Crippen LogP contribution is 2.32. The summed E-state index contributed by atoms with van der Waals surface area (Å²) in [7, 11) is 0. The van der Waals surface area contributed by atoms with Crippen LogP contribution in [0, 0.1) is 12.7 Å². The lowest BCUT2D eigenvalue weighted by molar-refractivity contribution is 0.612. The van der Waals surface area contributed by atoms with Crippen LogP contribution in [0.5, 0.6) is 0 Å². The van der Waals surface area contributed by atoms with Crippen LogP contribution in [0.4, 0.5) is 4.39 Å². The number of halogens is 3. The van der Waals surface area contributed by atoms with E-state index in [2.05, 4.69) is 0 Å². The monoisotopic (exact) mass is 268 g/mol.